The smallest absolute Gasteiger partial charge is 0.268 e. The van der Waals surface area contributed by atoms with Gasteiger partial charge in [-0.15, -0.1) is 0 Å². The maximum atomic E-state index is 13.0. The summed E-state index contributed by atoms with van der Waals surface area (Å²) in [6.45, 7) is 4.66. The maximum Gasteiger partial charge on any atom is 0.268 e. The van der Waals surface area contributed by atoms with Gasteiger partial charge in [-0.3, -0.25) is 9.36 Å². The quantitative estimate of drug-likeness (QED) is 0.0272. The van der Waals surface area contributed by atoms with Gasteiger partial charge in [0.15, 0.2) is 0 Å². The van der Waals surface area contributed by atoms with Crippen molar-refractivity contribution in [3.63, 3.8) is 0 Å². The van der Waals surface area contributed by atoms with Gasteiger partial charge in [0.2, 0.25) is 5.91 Å². The Morgan fingerprint density at radius 3 is 1.07 bits per heavy atom. The van der Waals surface area contributed by atoms with Crippen molar-refractivity contribution in [2.75, 3.05) is 40.9 Å². The molecular formula is C67H129N2O6P. The highest BCUT2D eigenvalue weighted by Crippen LogP contribution is 2.38. The number of allylic oxidation sites excluding steroid dienone is 7. The minimum absolute atomic E-state index is 0.00913. The van der Waals surface area contributed by atoms with Crippen LogP contribution in [0.5, 0.6) is 0 Å². The molecule has 0 bridgehead atoms. The second kappa shape index (κ2) is 58.1. The minimum Gasteiger partial charge on any atom is -0.756 e. The second-order valence-corrected chi connectivity index (χ2v) is 25.2. The van der Waals surface area contributed by atoms with Crippen LogP contribution in [-0.2, 0) is 18.4 Å². The molecule has 0 aromatic carbocycles. The number of carbonyl (C=O) groups is 1. The minimum atomic E-state index is -4.61. The molecule has 0 fully saturated rings. The molecule has 0 saturated heterocycles. The Hall–Kier alpha value is -1.54. The van der Waals surface area contributed by atoms with Crippen LogP contribution in [-0.4, -0.2) is 68.5 Å². The van der Waals surface area contributed by atoms with E-state index in [0.717, 1.165) is 44.9 Å². The number of nitrogens with one attached hydrogen (secondary N) is 1. The molecule has 1 amide bonds. The summed E-state index contributed by atoms with van der Waals surface area (Å²) in [5.41, 5.74) is 0. The molecule has 76 heavy (non-hydrogen) atoms. The SMILES string of the molecule is CCCCCCCCCC/C=C\CCCCCCCCCCCCCC(=O)NC(COP(=O)([O-])OCC[N+](C)(C)C)C(O)/C=C/CC/C=C/CC/C=C/CCCCCCCCCCCCCCCCCCCCCCC. The zero-order valence-electron chi connectivity index (χ0n) is 51.2. The molecule has 0 aromatic rings. The Bertz CT molecular complexity index is 1380. The summed E-state index contributed by atoms with van der Waals surface area (Å²) in [6, 6.07) is -0.912. The van der Waals surface area contributed by atoms with Crippen molar-refractivity contribution in [1.29, 1.82) is 0 Å². The number of quaternary nitrogens is 1. The van der Waals surface area contributed by atoms with E-state index in [-0.39, 0.29) is 12.5 Å². The number of aliphatic hydroxyl groups is 1. The Morgan fingerprint density at radius 2 is 0.737 bits per heavy atom. The molecule has 448 valence electrons. The van der Waals surface area contributed by atoms with E-state index in [1.807, 2.05) is 27.2 Å². The highest BCUT2D eigenvalue weighted by molar-refractivity contribution is 7.45. The van der Waals surface area contributed by atoms with Crippen LogP contribution in [0, 0.1) is 0 Å². The predicted molar refractivity (Wildman–Crippen MR) is 330 cm³/mol. The van der Waals surface area contributed by atoms with Gasteiger partial charge in [0.1, 0.15) is 13.2 Å². The van der Waals surface area contributed by atoms with Gasteiger partial charge in [-0.2, -0.15) is 0 Å². The highest BCUT2D eigenvalue weighted by atomic mass is 31.2. The van der Waals surface area contributed by atoms with Gasteiger partial charge in [-0.25, -0.2) is 0 Å². The summed E-state index contributed by atoms with van der Waals surface area (Å²) in [7, 11) is 1.24. The number of likely N-dealkylation sites (N-methyl/N-ethyl adjacent to an activating group) is 1. The van der Waals surface area contributed by atoms with E-state index < -0.39 is 26.6 Å². The zero-order valence-corrected chi connectivity index (χ0v) is 52.1. The van der Waals surface area contributed by atoms with Gasteiger partial charge in [0.25, 0.3) is 7.82 Å². The van der Waals surface area contributed by atoms with Crippen molar-refractivity contribution in [2.24, 2.45) is 0 Å². The summed E-state index contributed by atoms with van der Waals surface area (Å²) in [4.78, 5) is 25.6. The molecule has 8 nitrogen and oxygen atoms in total. The van der Waals surface area contributed by atoms with Crippen molar-refractivity contribution >= 4 is 13.7 Å². The van der Waals surface area contributed by atoms with E-state index in [1.54, 1.807) is 6.08 Å². The molecule has 0 rings (SSSR count). The van der Waals surface area contributed by atoms with Crippen molar-refractivity contribution < 1.29 is 32.9 Å². The standard InChI is InChI=1S/C67H129N2O6P/c1-6-8-10-12-14-16-18-20-22-24-26-28-30-31-32-33-34-35-36-37-39-40-42-44-46-48-50-52-54-56-58-60-66(70)65(64-75-76(72,73)74-63-62-69(3,4)5)68-67(71)61-59-57-55-53-51-49-47-45-43-41-38-29-27-25-23-21-19-17-15-13-11-9-7-2/h25,27,42,44,50,52,58,60,65-66,70H,6-24,26,28-41,43,45-49,51,53-57,59,61-64H2,1-5H3,(H-,68,71,72,73)/b27-25-,44-42+,52-50+,60-58+. The van der Waals surface area contributed by atoms with E-state index in [9.17, 15) is 19.4 Å². The number of phosphoric acid groups is 1. The molecule has 2 N–H and O–H groups in total. The molecule has 0 aliphatic carbocycles. The molecule has 0 heterocycles. The summed E-state index contributed by atoms with van der Waals surface area (Å²) >= 11 is 0. The molecule has 0 aliphatic rings. The van der Waals surface area contributed by atoms with Crippen molar-refractivity contribution in [3.05, 3.63) is 48.6 Å². The summed E-state index contributed by atoms with van der Waals surface area (Å²) in [5.74, 6) is -0.209. The first kappa shape index (κ1) is 74.5. The van der Waals surface area contributed by atoms with Crippen LogP contribution in [0.1, 0.15) is 322 Å². The number of aliphatic hydroxyl groups excluding tert-OH is 1. The average Bonchev–Trinajstić information content (AvgIpc) is 3.38. The number of hydrogen-bond donors (Lipinski definition) is 2. The zero-order chi connectivity index (χ0) is 55.6. The van der Waals surface area contributed by atoms with E-state index in [1.165, 1.54) is 257 Å². The van der Waals surface area contributed by atoms with Gasteiger partial charge in [0, 0.05) is 6.42 Å². The Kier molecular flexibility index (Phi) is 56.9. The summed E-state index contributed by atoms with van der Waals surface area (Å²) < 4.78 is 23.4. The second-order valence-electron chi connectivity index (χ2n) is 23.8. The first-order valence-corrected chi connectivity index (χ1v) is 34.5. The number of hydrogen-bond acceptors (Lipinski definition) is 6. The van der Waals surface area contributed by atoms with Crippen molar-refractivity contribution in [3.8, 4) is 0 Å². The lowest BCUT2D eigenvalue weighted by atomic mass is 10.0. The van der Waals surface area contributed by atoms with Gasteiger partial charge in [-0.05, 0) is 70.6 Å². The number of rotatable bonds is 61. The number of carbonyl (C=O) groups excluding carboxylic acids is 1. The fourth-order valence-corrected chi connectivity index (χ4v) is 10.6. The van der Waals surface area contributed by atoms with Crippen molar-refractivity contribution in [1.82, 2.24) is 5.32 Å². The van der Waals surface area contributed by atoms with Crippen LogP contribution < -0.4 is 10.2 Å². The lowest BCUT2D eigenvalue weighted by Crippen LogP contribution is -2.45. The third-order valence-corrected chi connectivity index (χ3v) is 16.0. The van der Waals surface area contributed by atoms with Gasteiger partial charge in [0.05, 0.1) is 39.9 Å². The molecular weight excluding hydrogens is 960 g/mol. The normalized spacial score (nSPS) is 14.0. The molecule has 3 atom stereocenters. The fourth-order valence-electron chi connectivity index (χ4n) is 9.83. The molecule has 0 aromatic heterocycles. The van der Waals surface area contributed by atoms with Gasteiger partial charge in [-0.1, -0.05) is 294 Å². The Balaban J connectivity index is 4.17. The maximum absolute atomic E-state index is 13.0. The number of amides is 1. The van der Waals surface area contributed by atoms with Gasteiger partial charge < -0.3 is 28.8 Å². The Morgan fingerprint density at radius 1 is 0.447 bits per heavy atom. The molecule has 9 heteroatoms. The third kappa shape index (κ3) is 60.1. The van der Waals surface area contributed by atoms with E-state index in [0.29, 0.717) is 17.4 Å². The summed E-state index contributed by atoms with van der Waals surface area (Å²) in [6.07, 6.45) is 78.0. The Labute approximate surface area is 473 Å². The van der Waals surface area contributed by atoms with Crippen LogP contribution in [0.25, 0.3) is 0 Å². The lowest BCUT2D eigenvalue weighted by molar-refractivity contribution is -0.870. The first-order valence-electron chi connectivity index (χ1n) is 33.0. The number of nitrogens with zero attached hydrogens (tertiary/aromatic N) is 1. The average molecular weight is 1090 g/mol. The number of unbranched alkanes of at least 4 members (excludes halogenated alkanes) is 42. The molecule has 0 aliphatic heterocycles. The predicted octanol–water partition coefficient (Wildman–Crippen LogP) is 20.0. The molecule has 0 spiro atoms. The van der Waals surface area contributed by atoms with Crippen LogP contribution in [0.2, 0.25) is 0 Å². The van der Waals surface area contributed by atoms with Crippen LogP contribution in [0.4, 0.5) is 0 Å². The molecule has 0 saturated carbocycles. The highest BCUT2D eigenvalue weighted by Gasteiger charge is 2.23. The topological polar surface area (TPSA) is 108 Å². The van der Waals surface area contributed by atoms with Crippen molar-refractivity contribution in [2.45, 2.75) is 334 Å². The monoisotopic (exact) mass is 1090 g/mol. The van der Waals surface area contributed by atoms with E-state index in [2.05, 4.69) is 55.6 Å². The fraction of sp³-hybridized carbons (Fsp3) is 0.866. The lowest BCUT2D eigenvalue weighted by Gasteiger charge is -2.29. The molecule has 0 radical (unpaired) electrons. The van der Waals surface area contributed by atoms with Crippen LogP contribution in [0.15, 0.2) is 48.6 Å². The molecule has 3 unspecified atom stereocenters. The van der Waals surface area contributed by atoms with E-state index in [4.69, 9.17) is 9.05 Å². The first-order chi connectivity index (χ1) is 37.0. The van der Waals surface area contributed by atoms with Crippen LogP contribution in [0.3, 0.4) is 0 Å². The largest absolute Gasteiger partial charge is 0.756 e. The number of phosphoric ester groups is 1. The summed E-state index contributed by atoms with van der Waals surface area (Å²) in [5, 5.41) is 13.9. The third-order valence-electron chi connectivity index (χ3n) is 15.0. The van der Waals surface area contributed by atoms with Crippen LogP contribution >= 0.6 is 7.82 Å². The van der Waals surface area contributed by atoms with Gasteiger partial charge >= 0.3 is 0 Å². The van der Waals surface area contributed by atoms with E-state index >= 15 is 0 Å².